The van der Waals surface area contributed by atoms with Crippen molar-refractivity contribution in [2.45, 2.75) is 32.7 Å². The van der Waals surface area contributed by atoms with E-state index >= 15 is 0 Å². The fourth-order valence-electron chi connectivity index (χ4n) is 2.61. The molecule has 1 atom stereocenters. The molecule has 1 fully saturated rings. The SMILES string of the molecule is Cc1nsc(N2CCCC(NC(=O)c3cc(C)n(C)n3)C2)n1. The Kier molecular flexibility index (Phi) is 4.10. The molecule has 1 saturated heterocycles. The number of hydrogen-bond donors (Lipinski definition) is 1. The molecule has 1 aliphatic heterocycles. The predicted molar refractivity (Wildman–Crippen MR) is 85.3 cm³/mol. The molecule has 2 aromatic heterocycles. The Morgan fingerprint density at radius 3 is 2.91 bits per heavy atom. The Morgan fingerprint density at radius 2 is 2.27 bits per heavy atom. The van der Waals surface area contributed by atoms with E-state index < -0.39 is 0 Å². The van der Waals surface area contributed by atoms with Gasteiger partial charge in [0, 0.05) is 43.4 Å². The number of anilines is 1. The minimum absolute atomic E-state index is 0.107. The number of hydrogen-bond acceptors (Lipinski definition) is 6. The first-order valence-electron chi connectivity index (χ1n) is 7.39. The lowest BCUT2D eigenvalue weighted by Crippen LogP contribution is -2.48. The van der Waals surface area contributed by atoms with Crippen molar-refractivity contribution in [3.63, 3.8) is 0 Å². The van der Waals surface area contributed by atoms with Gasteiger partial charge >= 0.3 is 0 Å². The third kappa shape index (κ3) is 3.11. The number of carbonyl (C=O) groups excluding carboxylic acids is 1. The van der Waals surface area contributed by atoms with Crippen molar-refractivity contribution < 1.29 is 4.79 Å². The van der Waals surface area contributed by atoms with Gasteiger partial charge in [0.05, 0.1) is 0 Å². The van der Waals surface area contributed by atoms with E-state index in [1.165, 1.54) is 11.5 Å². The van der Waals surface area contributed by atoms with Crippen LogP contribution < -0.4 is 10.2 Å². The average Bonchev–Trinajstić information content (AvgIpc) is 3.06. The Balaban J connectivity index is 1.64. The topological polar surface area (TPSA) is 75.9 Å². The summed E-state index contributed by atoms with van der Waals surface area (Å²) in [5.41, 5.74) is 1.45. The van der Waals surface area contributed by atoms with Gasteiger partial charge in [-0.05, 0) is 32.8 Å². The maximum absolute atomic E-state index is 12.3. The third-order valence-electron chi connectivity index (χ3n) is 3.89. The lowest BCUT2D eigenvalue weighted by atomic mass is 10.1. The van der Waals surface area contributed by atoms with E-state index in [4.69, 9.17) is 0 Å². The predicted octanol–water partition coefficient (Wildman–Crippen LogP) is 1.29. The maximum Gasteiger partial charge on any atom is 0.272 e. The van der Waals surface area contributed by atoms with Crippen molar-refractivity contribution in [2.75, 3.05) is 18.0 Å². The molecule has 0 aliphatic carbocycles. The molecule has 7 nitrogen and oxygen atoms in total. The molecule has 1 aliphatic rings. The monoisotopic (exact) mass is 320 g/mol. The van der Waals surface area contributed by atoms with Gasteiger partial charge in [-0.2, -0.15) is 9.47 Å². The molecule has 3 heterocycles. The summed E-state index contributed by atoms with van der Waals surface area (Å²) in [4.78, 5) is 18.9. The molecule has 0 bridgehead atoms. The van der Waals surface area contributed by atoms with E-state index in [2.05, 4.69) is 24.7 Å². The zero-order valence-corrected chi connectivity index (χ0v) is 13.9. The molecule has 0 saturated carbocycles. The smallest absolute Gasteiger partial charge is 0.272 e. The molecule has 0 radical (unpaired) electrons. The summed E-state index contributed by atoms with van der Waals surface area (Å²) in [7, 11) is 1.84. The molecular formula is C14H20N6OS. The third-order valence-corrected chi connectivity index (χ3v) is 4.76. The lowest BCUT2D eigenvalue weighted by Gasteiger charge is -2.32. The zero-order chi connectivity index (χ0) is 15.7. The number of aryl methyl sites for hydroxylation is 3. The molecule has 3 rings (SSSR count). The summed E-state index contributed by atoms with van der Waals surface area (Å²) in [5.74, 6) is 0.694. The van der Waals surface area contributed by atoms with Crippen LogP contribution in [0.5, 0.6) is 0 Å². The fourth-order valence-corrected chi connectivity index (χ4v) is 3.32. The van der Waals surface area contributed by atoms with Gasteiger partial charge in [0.1, 0.15) is 11.5 Å². The quantitative estimate of drug-likeness (QED) is 0.922. The summed E-state index contributed by atoms with van der Waals surface area (Å²) in [6, 6.07) is 1.93. The molecule has 1 unspecified atom stereocenters. The van der Waals surface area contributed by atoms with Crippen LogP contribution in [0.4, 0.5) is 5.13 Å². The van der Waals surface area contributed by atoms with Gasteiger partial charge in [-0.1, -0.05) is 0 Å². The average molecular weight is 320 g/mol. The largest absolute Gasteiger partial charge is 0.346 e. The Hall–Kier alpha value is -1.96. The highest BCUT2D eigenvalue weighted by atomic mass is 32.1. The summed E-state index contributed by atoms with van der Waals surface area (Å²) >= 11 is 1.42. The highest BCUT2D eigenvalue weighted by Gasteiger charge is 2.24. The molecule has 8 heteroatoms. The van der Waals surface area contributed by atoms with Crippen LogP contribution in [0.3, 0.4) is 0 Å². The van der Waals surface area contributed by atoms with Gasteiger partial charge in [0.2, 0.25) is 5.13 Å². The second-order valence-electron chi connectivity index (χ2n) is 5.68. The van der Waals surface area contributed by atoms with Crippen LogP contribution in [-0.4, -0.2) is 44.2 Å². The van der Waals surface area contributed by atoms with Gasteiger partial charge in [0.15, 0.2) is 0 Å². The zero-order valence-electron chi connectivity index (χ0n) is 13.0. The number of piperidine rings is 1. The standard InChI is InChI=1S/C14H20N6OS/c1-9-7-12(17-19(9)3)13(21)16-11-5-4-6-20(8-11)14-15-10(2)18-22-14/h7,11H,4-6,8H2,1-3H3,(H,16,21). The molecule has 1 N–H and O–H groups in total. The number of nitrogens with one attached hydrogen (secondary N) is 1. The summed E-state index contributed by atoms with van der Waals surface area (Å²) in [6.45, 7) is 5.56. The van der Waals surface area contributed by atoms with Gasteiger partial charge in [0.25, 0.3) is 5.91 Å². The first kappa shape index (κ1) is 15.0. The van der Waals surface area contributed by atoms with E-state index in [-0.39, 0.29) is 11.9 Å². The second kappa shape index (κ2) is 6.04. The normalized spacial score (nSPS) is 18.5. The van der Waals surface area contributed by atoms with Crippen molar-refractivity contribution in [3.05, 3.63) is 23.3 Å². The van der Waals surface area contributed by atoms with E-state index in [1.54, 1.807) is 4.68 Å². The second-order valence-corrected chi connectivity index (χ2v) is 6.41. The highest BCUT2D eigenvalue weighted by molar-refractivity contribution is 7.09. The van der Waals surface area contributed by atoms with Gasteiger partial charge in [-0.15, -0.1) is 0 Å². The van der Waals surface area contributed by atoms with Crippen molar-refractivity contribution in [2.24, 2.45) is 7.05 Å². The molecule has 22 heavy (non-hydrogen) atoms. The summed E-state index contributed by atoms with van der Waals surface area (Å²) in [6.07, 6.45) is 2.01. The summed E-state index contributed by atoms with van der Waals surface area (Å²) in [5, 5.41) is 8.24. The number of aromatic nitrogens is 4. The van der Waals surface area contributed by atoms with Crippen molar-refractivity contribution in [3.8, 4) is 0 Å². The van der Waals surface area contributed by atoms with E-state index in [0.717, 1.165) is 42.6 Å². The molecular weight excluding hydrogens is 300 g/mol. The van der Waals surface area contributed by atoms with Gasteiger partial charge in [-0.25, -0.2) is 4.98 Å². The number of carbonyl (C=O) groups is 1. The first-order chi connectivity index (χ1) is 10.5. The van der Waals surface area contributed by atoms with E-state index in [0.29, 0.717) is 5.69 Å². The number of nitrogens with zero attached hydrogens (tertiary/aromatic N) is 5. The van der Waals surface area contributed by atoms with Crippen LogP contribution in [0.15, 0.2) is 6.07 Å². The molecule has 2 aromatic rings. The number of amides is 1. The van der Waals surface area contributed by atoms with Crippen LogP contribution in [0.25, 0.3) is 0 Å². The number of rotatable bonds is 3. The van der Waals surface area contributed by atoms with Crippen LogP contribution in [-0.2, 0) is 7.05 Å². The molecule has 118 valence electrons. The van der Waals surface area contributed by atoms with Crippen molar-refractivity contribution >= 4 is 22.6 Å². The minimum Gasteiger partial charge on any atom is -0.346 e. The summed E-state index contributed by atoms with van der Waals surface area (Å²) < 4.78 is 5.94. The van der Waals surface area contributed by atoms with Crippen molar-refractivity contribution in [1.29, 1.82) is 0 Å². The van der Waals surface area contributed by atoms with Crippen LogP contribution in [0.1, 0.15) is 34.8 Å². The van der Waals surface area contributed by atoms with Crippen LogP contribution in [0, 0.1) is 13.8 Å². The van der Waals surface area contributed by atoms with E-state index in [1.807, 2.05) is 27.0 Å². The van der Waals surface area contributed by atoms with Crippen LogP contribution >= 0.6 is 11.5 Å². The van der Waals surface area contributed by atoms with Crippen LogP contribution in [0.2, 0.25) is 0 Å². The molecule has 0 aromatic carbocycles. The maximum atomic E-state index is 12.3. The molecule has 1 amide bonds. The van der Waals surface area contributed by atoms with Crippen molar-refractivity contribution in [1.82, 2.24) is 24.5 Å². The molecule has 0 spiro atoms. The Morgan fingerprint density at radius 1 is 1.45 bits per heavy atom. The Bertz CT molecular complexity index is 659. The van der Waals surface area contributed by atoms with E-state index in [9.17, 15) is 4.79 Å². The minimum atomic E-state index is -0.107. The lowest BCUT2D eigenvalue weighted by molar-refractivity contribution is 0.0927. The Labute approximate surface area is 133 Å². The fraction of sp³-hybridized carbons (Fsp3) is 0.571. The first-order valence-corrected chi connectivity index (χ1v) is 8.17. The van der Waals surface area contributed by atoms with Gasteiger partial charge in [-0.3, -0.25) is 9.48 Å². The highest BCUT2D eigenvalue weighted by Crippen LogP contribution is 2.21. The van der Waals surface area contributed by atoms with Gasteiger partial charge < -0.3 is 10.2 Å².